The molecule has 4 rings (SSSR count). The summed E-state index contributed by atoms with van der Waals surface area (Å²) in [6.45, 7) is 2.02. The fraction of sp³-hybridized carbons (Fsp3) is 0.722. The number of hydrogen-bond acceptors (Lipinski definition) is 7. The van der Waals surface area contributed by atoms with Crippen molar-refractivity contribution < 1.29 is 31.9 Å². The van der Waals surface area contributed by atoms with Crippen molar-refractivity contribution in [3.63, 3.8) is 0 Å². The second-order valence-corrected chi connectivity index (χ2v) is 7.78. The van der Waals surface area contributed by atoms with Crippen molar-refractivity contribution in [1.29, 1.82) is 0 Å². The third-order valence-electron chi connectivity index (χ3n) is 5.69. The maximum atomic E-state index is 14.9. The average molecular weight is 449 g/mol. The van der Waals surface area contributed by atoms with Gasteiger partial charge in [0, 0.05) is 13.1 Å². The molecule has 9 nitrogen and oxygen atoms in total. The van der Waals surface area contributed by atoms with Crippen LogP contribution >= 0.6 is 0 Å². The maximum absolute atomic E-state index is 14.9. The Hall–Kier alpha value is -2.41. The van der Waals surface area contributed by atoms with Crippen molar-refractivity contribution in [2.45, 2.75) is 44.6 Å². The summed E-state index contributed by atoms with van der Waals surface area (Å²) in [5, 5.41) is 1.01. The first-order valence-corrected chi connectivity index (χ1v) is 10.1. The zero-order chi connectivity index (χ0) is 22.3. The van der Waals surface area contributed by atoms with Gasteiger partial charge in [0.1, 0.15) is 12.6 Å². The molecule has 1 aromatic heterocycles. The maximum Gasteiger partial charge on any atom is 0.408 e. The number of aromatic nitrogens is 2. The number of amides is 1. The number of morpholine rings is 1. The SMILES string of the molecule is CC1COCCN1c1nc2n(c(=O)c1F)CCC(C(F)(F)F)N2CC(=O)N1CCCO1. The Morgan fingerprint density at radius 3 is 2.65 bits per heavy atom. The van der Waals surface area contributed by atoms with E-state index in [1.807, 2.05) is 0 Å². The Balaban J connectivity index is 1.77. The molecule has 2 atom stereocenters. The van der Waals surface area contributed by atoms with Crippen LogP contribution in [0, 0.1) is 5.82 Å². The molecule has 31 heavy (non-hydrogen) atoms. The van der Waals surface area contributed by atoms with Gasteiger partial charge in [0.2, 0.25) is 11.8 Å². The highest BCUT2D eigenvalue weighted by Crippen LogP contribution is 2.35. The average Bonchev–Trinajstić information content (AvgIpc) is 3.26. The zero-order valence-corrected chi connectivity index (χ0v) is 16.9. The summed E-state index contributed by atoms with van der Waals surface area (Å²) in [4.78, 5) is 36.8. The van der Waals surface area contributed by atoms with Gasteiger partial charge in [-0.05, 0) is 19.8 Å². The molecule has 3 aliphatic rings. The number of anilines is 2. The number of carbonyl (C=O) groups excluding carboxylic acids is 1. The van der Waals surface area contributed by atoms with Crippen molar-refractivity contribution in [3.8, 4) is 0 Å². The molecule has 13 heteroatoms. The third-order valence-corrected chi connectivity index (χ3v) is 5.69. The minimum Gasteiger partial charge on any atom is -0.377 e. The van der Waals surface area contributed by atoms with E-state index in [1.54, 1.807) is 6.92 Å². The number of halogens is 4. The first-order chi connectivity index (χ1) is 14.7. The molecule has 0 bridgehead atoms. The van der Waals surface area contributed by atoms with Crippen LogP contribution in [0.5, 0.6) is 0 Å². The van der Waals surface area contributed by atoms with E-state index in [1.165, 1.54) is 4.90 Å². The lowest BCUT2D eigenvalue weighted by molar-refractivity contribution is -0.170. The summed E-state index contributed by atoms with van der Waals surface area (Å²) in [7, 11) is 0. The topological polar surface area (TPSA) is 80.1 Å². The standard InChI is InChI=1S/C18H23F4N5O4/c1-11-10-30-8-6-24(11)15-14(19)16(29)25-5-3-12(18(20,21)22)26(17(25)23-15)9-13(28)27-4-2-7-31-27/h11-12H,2-10H2,1H3. The van der Waals surface area contributed by atoms with E-state index >= 15 is 0 Å². The Kier molecular flexibility index (Phi) is 5.81. The van der Waals surface area contributed by atoms with E-state index in [2.05, 4.69) is 4.98 Å². The minimum absolute atomic E-state index is 0.233. The van der Waals surface area contributed by atoms with E-state index < -0.39 is 42.5 Å². The van der Waals surface area contributed by atoms with Crippen LogP contribution in [-0.2, 0) is 20.9 Å². The fourth-order valence-electron chi connectivity index (χ4n) is 4.10. The number of ether oxygens (including phenoxy) is 1. The van der Waals surface area contributed by atoms with Gasteiger partial charge in [-0.15, -0.1) is 0 Å². The molecule has 3 aliphatic heterocycles. The van der Waals surface area contributed by atoms with Crippen LogP contribution in [0.3, 0.4) is 0 Å². The highest BCUT2D eigenvalue weighted by atomic mass is 19.4. The highest BCUT2D eigenvalue weighted by molar-refractivity contribution is 5.80. The zero-order valence-electron chi connectivity index (χ0n) is 16.9. The second kappa shape index (κ2) is 8.26. The molecule has 0 aromatic carbocycles. The van der Waals surface area contributed by atoms with Gasteiger partial charge in [-0.25, -0.2) is 5.06 Å². The van der Waals surface area contributed by atoms with Crippen molar-refractivity contribution >= 4 is 17.7 Å². The van der Waals surface area contributed by atoms with Crippen LogP contribution in [0.25, 0.3) is 0 Å². The predicted molar refractivity (Wildman–Crippen MR) is 100 cm³/mol. The minimum atomic E-state index is -4.67. The molecule has 0 saturated carbocycles. The number of hydrogen-bond donors (Lipinski definition) is 0. The predicted octanol–water partition coefficient (Wildman–Crippen LogP) is 0.912. The Labute approximate surface area is 175 Å². The van der Waals surface area contributed by atoms with Crippen molar-refractivity contribution in [1.82, 2.24) is 14.6 Å². The van der Waals surface area contributed by atoms with Gasteiger partial charge < -0.3 is 14.5 Å². The summed E-state index contributed by atoms with van der Waals surface area (Å²) < 4.78 is 62.5. The summed E-state index contributed by atoms with van der Waals surface area (Å²) in [5.74, 6) is -2.51. The molecule has 1 aromatic rings. The molecule has 0 aliphatic carbocycles. The highest BCUT2D eigenvalue weighted by Gasteiger charge is 2.48. The smallest absolute Gasteiger partial charge is 0.377 e. The molecular weight excluding hydrogens is 426 g/mol. The van der Waals surface area contributed by atoms with E-state index in [0.29, 0.717) is 13.0 Å². The Morgan fingerprint density at radius 2 is 2.00 bits per heavy atom. The van der Waals surface area contributed by atoms with Gasteiger partial charge in [-0.2, -0.15) is 22.5 Å². The summed E-state index contributed by atoms with van der Waals surface area (Å²) in [6, 6.07) is -2.36. The summed E-state index contributed by atoms with van der Waals surface area (Å²) in [5.41, 5.74) is -1.06. The molecule has 2 saturated heterocycles. The molecule has 4 heterocycles. The van der Waals surface area contributed by atoms with Gasteiger partial charge in [-0.3, -0.25) is 19.0 Å². The Morgan fingerprint density at radius 1 is 1.23 bits per heavy atom. The van der Waals surface area contributed by atoms with Crippen LogP contribution in [-0.4, -0.2) is 78.2 Å². The quantitative estimate of drug-likeness (QED) is 0.635. The van der Waals surface area contributed by atoms with Crippen molar-refractivity contribution in [2.24, 2.45) is 0 Å². The monoisotopic (exact) mass is 449 g/mol. The molecule has 1 amide bonds. The normalized spacial score (nSPS) is 24.5. The largest absolute Gasteiger partial charge is 0.408 e. The van der Waals surface area contributed by atoms with E-state index in [0.717, 1.165) is 14.5 Å². The lowest BCUT2D eigenvalue weighted by Gasteiger charge is -2.40. The van der Waals surface area contributed by atoms with Crippen LogP contribution < -0.4 is 15.4 Å². The van der Waals surface area contributed by atoms with Crippen LogP contribution in [0.15, 0.2) is 4.79 Å². The Bertz CT molecular complexity index is 902. The number of alkyl halides is 3. The van der Waals surface area contributed by atoms with Gasteiger partial charge >= 0.3 is 6.18 Å². The number of nitrogens with zero attached hydrogens (tertiary/aromatic N) is 5. The molecule has 2 fully saturated rings. The molecule has 0 radical (unpaired) electrons. The van der Waals surface area contributed by atoms with Gasteiger partial charge in [0.15, 0.2) is 5.82 Å². The third kappa shape index (κ3) is 4.07. The van der Waals surface area contributed by atoms with Crippen LogP contribution in [0.4, 0.5) is 29.3 Å². The summed E-state index contributed by atoms with van der Waals surface area (Å²) in [6.07, 6.45) is -4.60. The van der Waals surface area contributed by atoms with Gasteiger partial charge in [0.05, 0.1) is 32.4 Å². The lowest BCUT2D eigenvalue weighted by Crippen LogP contribution is -2.56. The van der Waals surface area contributed by atoms with E-state index in [9.17, 15) is 27.2 Å². The number of carbonyl (C=O) groups is 1. The molecule has 2 unspecified atom stereocenters. The van der Waals surface area contributed by atoms with Crippen molar-refractivity contribution in [2.75, 3.05) is 49.3 Å². The molecule has 0 spiro atoms. The first kappa shape index (κ1) is 21.8. The first-order valence-electron chi connectivity index (χ1n) is 10.1. The lowest BCUT2D eigenvalue weighted by atomic mass is 10.1. The van der Waals surface area contributed by atoms with Gasteiger partial charge in [-0.1, -0.05) is 0 Å². The van der Waals surface area contributed by atoms with E-state index in [-0.39, 0.29) is 50.7 Å². The summed E-state index contributed by atoms with van der Waals surface area (Å²) >= 11 is 0. The molecule has 0 N–H and O–H groups in total. The number of hydroxylamine groups is 2. The molecular formula is C18H23F4N5O4. The second-order valence-electron chi connectivity index (χ2n) is 7.78. The van der Waals surface area contributed by atoms with E-state index in [4.69, 9.17) is 9.57 Å². The molecule has 172 valence electrons. The number of fused-ring (bicyclic) bond motifs is 1. The van der Waals surface area contributed by atoms with Crippen molar-refractivity contribution in [3.05, 3.63) is 16.2 Å². The fourth-order valence-corrected chi connectivity index (χ4v) is 4.10. The number of rotatable bonds is 3. The van der Waals surface area contributed by atoms with Crippen LogP contribution in [0.1, 0.15) is 19.8 Å². The van der Waals surface area contributed by atoms with Crippen LogP contribution in [0.2, 0.25) is 0 Å². The van der Waals surface area contributed by atoms with Gasteiger partial charge in [0.25, 0.3) is 11.5 Å².